The topological polar surface area (TPSA) is 50.4 Å². The maximum Gasteiger partial charge on any atom is 0.411 e. The molecule has 0 spiro atoms. The Labute approximate surface area is 123 Å². The number of hydrogen-bond donors (Lipinski definition) is 2. The van der Waals surface area contributed by atoms with E-state index in [4.69, 9.17) is 0 Å². The largest absolute Gasteiger partial charge is 0.453 e. The van der Waals surface area contributed by atoms with Crippen LogP contribution < -0.4 is 10.6 Å². The van der Waals surface area contributed by atoms with E-state index < -0.39 is 6.09 Å². The van der Waals surface area contributed by atoms with Gasteiger partial charge in [0.05, 0.1) is 10.9 Å². The van der Waals surface area contributed by atoms with Crippen molar-refractivity contribution in [2.75, 3.05) is 17.7 Å². The van der Waals surface area contributed by atoms with Gasteiger partial charge in [0.2, 0.25) is 0 Å². The van der Waals surface area contributed by atoms with Gasteiger partial charge in [-0.1, -0.05) is 0 Å². The Morgan fingerprint density at radius 3 is 2.47 bits per heavy atom. The summed E-state index contributed by atoms with van der Waals surface area (Å²) in [4.78, 5) is 12.3. The van der Waals surface area contributed by atoms with E-state index in [0.717, 1.165) is 16.0 Å². The van der Waals surface area contributed by atoms with Gasteiger partial charge in [0.15, 0.2) is 0 Å². The molecule has 6 heteroatoms. The lowest BCUT2D eigenvalue weighted by atomic mass is 10.3. The molecule has 0 saturated carbocycles. The highest BCUT2D eigenvalue weighted by Crippen LogP contribution is 2.23. The molecule has 1 aromatic carbocycles. The molecule has 0 bridgehead atoms. The summed E-state index contributed by atoms with van der Waals surface area (Å²) in [6.07, 6.45) is -0.468. The third kappa shape index (κ3) is 4.25. The number of thiophene rings is 1. The van der Waals surface area contributed by atoms with Gasteiger partial charge in [-0.3, -0.25) is 5.32 Å². The maximum atomic E-state index is 11.0. The first-order valence-corrected chi connectivity index (χ1v) is 7.21. The van der Waals surface area contributed by atoms with E-state index >= 15 is 0 Å². The van der Waals surface area contributed by atoms with Gasteiger partial charge in [0.25, 0.3) is 0 Å². The summed E-state index contributed by atoms with van der Waals surface area (Å²) in [7, 11) is 1.34. The van der Waals surface area contributed by atoms with Crippen molar-refractivity contribution in [1.29, 1.82) is 0 Å². The molecule has 1 amide bonds. The van der Waals surface area contributed by atoms with Crippen LogP contribution >= 0.6 is 27.3 Å². The van der Waals surface area contributed by atoms with Crippen LogP contribution in [0.15, 0.2) is 40.2 Å². The number of ether oxygens (including phenoxy) is 1. The Hall–Kier alpha value is -1.53. The molecule has 100 valence electrons. The van der Waals surface area contributed by atoms with E-state index in [2.05, 4.69) is 37.4 Å². The van der Waals surface area contributed by atoms with Gasteiger partial charge in [-0.25, -0.2) is 4.79 Å². The van der Waals surface area contributed by atoms with Crippen LogP contribution in [0.3, 0.4) is 0 Å². The molecule has 2 N–H and O–H groups in total. The fraction of sp³-hybridized carbons (Fsp3) is 0.154. The standard InChI is InChI=1S/C13H13BrN2O2S/c1-18-13(17)16-10-4-2-9(3-5-10)15-8-11-6-7-12(14)19-11/h2-7,15H,8H2,1H3,(H,16,17). The third-order valence-corrected chi connectivity index (χ3v) is 4.04. The molecular formula is C13H13BrN2O2S. The number of carbonyl (C=O) groups is 1. The van der Waals surface area contributed by atoms with E-state index in [1.807, 2.05) is 30.3 Å². The van der Waals surface area contributed by atoms with Crippen LogP contribution in [-0.2, 0) is 11.3 Å². The molecule has 0 radical (unpaired) electrons. The first-order valence-electron chi connectivity index (χ1n) is 5.60. The second-order valence-electron chi connectivity index (χ2n) is 3.75. The highest BCUT2D eigenvalue weighted by atomic mass is 79.9. The van der Waals surface area contributed by atoms with Crippen molar-refractivity contribution in [2.45, 2.75) is 6.54 Å². The molecule has 19 heavy (non-hydrogen) atoms. The zero-order valence-electron chi connectivity index (χ0n) is 10.3. The summed E-state index contributed by atoms with van der Waals surface area (Å²) in [5.41, 5.74) is 1.70. The van der Waals surface area contributed by atoms with Gasteiger partial charge in [-0.05, 0) is 52.3 Å². The SMILES string of the molecule is COC(=O)Nc1ccc(NCc2ccc(Br)s2)cc1. The Balaban J connectivity index is 1.89. The zero-order chi connectivity index (χ0) is 13.7. The molecule has 0 saturated heterocycles. The van der Waals surface area contributed by atoms with Crippen molar-refractivity contribution >= 4 is 44.7 Å². The molecule has 2 rings (SSSR count). The normalized spacial score (nSPS) is 10.0. The summed E-state index contributed by atoms with van der Waals surface area (Å²) in [6.45, 7) is 0.778. The van der Waals surface area contributed by atoms with Crippen molar-refractivity contribution in [3.8, 4) is 0 Å². The van der Waals surface area contributed by atoms with Gasteiger partial charge >= 0.3 is 6.09 Å². The lowest BCUT2D eigenvalue weighted by Gasteiger charge is -2.07. The molecule has 0 aliphatic heterocycles. The van der Waals surface area contributed by atoms with Crippen molar-refractivity contribution in [3.05, 3.63) is 45.1 Å². The summed E-state index contributed by atoms with van der Waals surface area (Å²) in [6, 6.07) is 11.6. The Morgan fingerprint density at radius 1 is 1.21 bits per heavy atom. The number of nitrogens with one attached hydrogen (secondary N) is 2. The number of hydrogen-bond acceptors (Lipinski definition) is 4. The van der Waals surface area contributed by atoms with Crippen molar-refractivity contribution < 1.29 is 9.53 Å². The predicted molar refractivity (Wildman–Crippen MR) is 81.8 cm³/mol. The number of halogens is 1. The summed E-state index contributed by atoms with van der Waals surface area (Å²) < 4.78 is 5.65. The number of amides is 1. The molecule has 0 aliphatic rings. The molecule has 4 nitrogen and oxygen atoms in total. The van der Waals surface area contributed by atoms with Gasteiger partial charge in [-0.15, -0.1) is 11.3 Å². The van der Waals surface area contributed by atoms with E-state index in [-0.39, 0.29) is 0 Å². The van der Waals surface area contributed by atoms with Crippen molar-refractivity contribution in [1.82, 2.24) is 0 Å². The van der Waals surface area contributed by atoms with E-state index in [1.165, 1.54) is 12.0 Å². The quantitative estimate of drug-likeness (QED) is 0.872. The Bertz CT molecular complexity index is 554. The molecule has 0 unspecified atom stereocenters. The maximum absolute atomic E-state index is 11.0. The fourth-order valence-electron chi connectivity index (χ4n) is 1.48. The minimum Gasteiger partial charge on any atom is -0.453 e. The second-order valence-corrected chi connectivity index (χ2v) is 6.30. The average Bonchev–Trinajstić information content (AvgIpc) is 2.83. The average molecular weight is 341 g/mol. The molecule has 1 heterocycles. The molecule has 0 fully saturated rings. The summed E-state index contributed by atoms with van der Waals surface area (Å²) in [5.74, 6) is 0. The van der Waals surface area contributed by atoms with Gasteiger partial charge in [0, 0.05) is 22.8 Å². The third-order valence-electron chi connectivity index (χ3n) is 2.41. The Morgan fingerprint density at radius 2 is 1.89 bits per heavy atom. The summed E-state index contributed by atoms with van der Waals surface area (Å²) >= 11 is 5.14. The van der Waals surface area contributed by atoms with Crippen LogP contribution in [0.1, 0.15) is 4.88 Å². The van der Waals surface area contributed by atoms with Crippen molar-refractivity contribution in [2.24, 2.45) is 0 Å². The Kier molecular flexibility index (Phi) is 4.81. The highest BCUT2D eigenvalue weighted by molar-refractivity contribution is 9.11. The minimum absolute atomic E-state index is 0.468. The molecule has 0 atom stereocenters. The van der Waals surface area contributed by atoms with Crippen LogP contribution in [0.5, 0.6) is 0 Å². The van der Waals surface area contributed by atoms with Crippen LogP contribution in [0.4, 0.5) is 16.2 Å². The second kappa shape index (κ2) is 6.58. The fourth-order valence-corrected chi connectivity index (χ4v) is 2.90. The minimum atomic E-state index is -0.468. The zero-order valence-corrected chi connectivity index (χ0v) is 12.7. The van der Waals surface area contributed by atoms with Crippen LogP contribution in [0, 0.1) is 0 Å². The van der Waals surface area contributed by atoms with Crippen LogP contribution in [0.2, 0.25) is 0 Å². The molecule has 1 aromatic heterocycles. The lowest BCUT2D eigenvalue weighted by Crippen LogP contribution is -2.10. The first-order chi connectivity index (χ1) is 9.17. The van der Waals surface area contributed by atoms with Gasteiger partial charge in [-0.2, -0.15) is 0 Å². The van der Waals surface area contributed by atoms with E-state index in [1.54, 1.807) is 11.3 Å². The van der Waals surface area contributed by atoms with Crippen LogP contribution in [0.25, 0.3) is 0 Å². The monoisotopic (exact) mass is 340 g/mol. The van der Waals surface area contributed by atoms with E-state index in [9.17, 15) is 4.79 Å². The molecular weight excluding hydrogens is 328 g/mol. The number of anilines is 2. The van der Waals surface area contributed by atoms with Gasteiger partial charge < -0.3 is 10.1 Å². The molecule has 2 aromatic rings. The van der Waals surface area contributed by atoms with Crippen molar-refractivity contribution in [3.63, 3.8) is 0 Å². The first kappa shape index (κ1) is 13.9. The number of carbonyl (C=O) groups excluding carboxylic acids is 1. The van der Waals surface area contributed by atoms with Gasteiger partial charge in [0.1, 0.15) is 0 Å². The summed E-state index contributed by atoms with van der Waals surface area (Å²) in [5, 5.41) is 5.92. The number of methoxy groups -OCH3 is 1. The smallest absolute Gasteiger partial charge is 0.411 e. The van der Waals surface area contributed by atoms with Crippen LogP contribution in [-0.4, -0.2) is 13.2 Å². The predicted octanol–water partition coefficient (Wildman–Crippen LogP) is 4.30. The van der Waals surface area contributed by atoms with E-state index in [0.29, 0.717) is 5.69 Å². The number of rotatable bonds is 4. The lowest BCUT2D eigenvalue weighted by molar-refractivity contribution is 0.187. The number of benzene rings is 1. The highest BCUT2D eigenvalue weighted by Gasteiger charge is 2.01. The molecule has 0 aliphatic carbocycles.